The molecule has 0 aliphatic carbocycles. The summed E-state index contributed by atoms with van der Waals surface area (Å²) in [6.07, 6.45) is 2.63. The molecule has 1 amide bonds. The van der Waals surface area contributed by atoms with Crippen LogP contribution >= 0.6 is 27.5 Å². The van der Waals surface area contributed by atoms with Gasteiger partial charge in [-0.2, -0.15) is 5.10 Å². The summed E-state index contributed by atoms with van der Waals surface area (Å²) in [7, 11) is 3.62. The molecule has 5 nitrogen and oxygen atoms in total. The van der Waals surface area contributed by atoms with Gasteiger partial charge in [0.25, 0.3) is 5.91 Å². The molecule has 0 bridgehead atoms. The summed E-state index contributed by atoms with van der Waals surface area (Å²) in [5.41, 5.74) is 6.16. The Morgan fingerprint density at radius 2 is 2.10 bits per heavy atom. The van der Waals surface area contributed by atoms with E-state index in [1.165, 1.54) is 12.7 Å². The third kappa shape index (κ3) is 4.43. The van der Waals surface area contributed by atoms with E-state index in [0.717, 1.165) is 22.1 Å². The third-order valence-corrected chi connectivity index (χ3v) is 6.35. The maximum absolute atomic E-state index is 12.5. The molecule has 0 saturated carbocycles. The summed E-state index contributed by atoms with van der Waals surface area (Å²) in [5.74, 6) is 0.525. The van der Waals surface area contributed by atoms with Gasteiger partial charge in [-0.1, -0.05) is 34.5 Å². The highest BCUT2D eigenvalue weighted by molar-refractivity contribution is 9.10. The van der Waals surface area contributed by atoms with Gasteiger partial charge in [-0.15, -0.1) is 0 Å². The number of amides is 1. The van der Waals surface area contributed by atoms with Crippen LogP contribution in [0, 0.1) is 0 Å². The molecule has 1 aliphatic heterocycles. The molecular weight excluding hydrogens is 454 g/mol. The van der Waals surface area contributed by atoms with Crippen LogP contribution in [0.1, 0.15) is 54.6 Å². The quantitative estimate of drug-likeness (QED) is 0.460. The van der Waals surface area contributed by atoms with Crippen molar-refractivity contribution in [3.05, 3.63) is 56.5 Å². The van der Waals surface area contributed by atoms with Gasteiger partial charge in [-0.05, 0) is 62.1 Å². The minimum atomic E-state index is -0.358. The Morgan fingerprint density at radius 1 is 1.38 bits per heavy atom. The van der Waals surface area contributed by atoms with Crippen LogP contribution in [-0.4, -0.2) is 31.8 Å². The predicted octanol–water partition coefficient (Wildman–Crippen LogP) is 5.60. The highest BCUT2D eigenvalue weighted by atomic mass is 79.9. The van der Waals surface area contributed by atoms with E-state index in [0.29, 0.717) is 22.3 Å². The van der Waals surface area contributed by atoms with Crippen LogP contribution in [0.2, 0.25) is 5.02 Å². The summed E-state index contributed by atoms with van der Waals surface area (Å²) in [4.78, 5) is 14.8. The van der Waals surface area contributed by atoms with Gasteiger partial charge < -0.3 is 9.64 Å². The zero-order valence-corrected chi connectivity index (χ0v) is 19.6. The lowest BCUT2D eigenvalue weighted by Gasteiger charge is -2.45. The Balaban J connectivity index is 1.83. The smallest absolute Gasteiger partial charge is 0.275 e. The fourth-order valence-electron chi connectivity index (χ4n) is 3.78. The lowest BCUT2D eigenvalue weighted by atomic mass is 9.80. The number of rotatable bonds is 4. The lowest BCUT2D eigenvalue weighted by molar-refractivity contribution is 0.0952. The van der Waals surface area contributed by atoms with E-state index in [1.54, 1.807) is 18.3 Å². The molecule has 0 spiro atoms. The van der Waals surface area contributed by atoms with Crippen molar-refractivity contribution in [3.8, 4) is 5.75 Å². The molecule has 2 aromatic rings. The second kappa shape index (κ2) is 8.36. The van der Waals surface area contributed by atoms with E-state index in [-0.39, 0.29) is 11.4 Å². The highest BCUT2D eigenvalue weighted by Gasteiger charge is 2.34. The molecule has 1 N–H and O–H groups in total. The van der Waals surface area contributed by atoms with Crippen LogP contribution in [0.5, 0.6) is 5.75 Å². The first-order valence-electron chi connectivity index (χ1n) is 9.38. The topological polar surface area (TPSA) is 53.9 Å². The number of fused-ring (bicyclic) bond motifs is 1. The summed E-state index contributed by atoms with van der Waals surface area (Å²) < 4.78 is 6.03. The number of nitrogens with one attached hydrogen (secondary N) is 1. The van der Waals surface area contributed by atoms with Crippen molar-refractivity contribution < 1.29 is 9.53 Å². The number of carbonyl (C=O) groups excluding carboxylic acids is 1. The number of hydrogen-bond donors (Lipinski definition) is 1. The number of nitrogens with zero attached hydrogens (tertiary/aromatic N) is 2. The summed E-state index contributed by atoms with van der Waals surface area (Å²) >= 11 is 9.88. The van der Waals surface area contributed by atoms with Crippen LogP contribution < -0.4 is 15.1 Å². The summed E-state index contributed by atoms with van der Waals surface area (Å²) in [6.45, 7) is 6.70. The molecular formula is C22H25BrClN3O2. The number of methoxy groups -OCH3 is 1. The Kier molecular flexibility index (Phi) is 6.24. The maximum atomic E-state index is 12.5. The number of hydrazone groups is 1. The number of anilines is 1. The van der Waals surface area contributed by atoms with Gasteiger partial charge in [0.15, 0.2) is 0 Å². The molecule has 2 aromatic carbocycles. The Labute approximate surface area is 185 Å². The normalized spacial score (nSPS) is 17.9. The molecule has 3 rings (SSSR count). The van der Waals surface area contributed by atoms with E-state index in [2.05, 4.69) is 65.2 Å². The van der Waals surface area contributed by atoms with Crippen molar-refractivity contribution in [2.45, 2.75) is 38.6 Å². The van der Waals surface area contributed by atoms with Crippen molar-refractivity contribution >= 4 is 45.3 Å². The molecule has 1 heterocycles. The van der Waals surface area contributed by atoms with E-state index >= 15 is 0 Å². The largest absolute Gasteiger partial charge is 0.496 e. The molecule has 1 aliphatic rings. The number of benzene rings is 2. The Hall–Kier alpha value is -2.05. The molecule has 0 fully saturated rings. The van der Waals surface area contributed by atoms with E-state index < -0.39 is 0 Å². The molecule has 154 valence electrons. The standard InChI is InChI=1S/C22H25BrClN3O2/c1-13-11-22(2,3)27(4)19-10-18(24)14(8-16(13)19)12-25-26-21(28)17-9-15(23)6-7-20(17)29-5/h6-10,12-13H,11H2,1-5H3,(H,26,28)/b25-12-. The average molecular weight is 479 g/mol. The maximum Gasteiger partial charge on any atom is 0.275 e. The summed E-state index contributed by atoms with van der Waals surface area (Å²) in [6, 6.07) is 9.26. The second-order valence-corrected chi connectivity index (χ2v) is 9.28. The van der Waals surface area contributed by atoms with Crippen molar-refractivity contribution in [2.75, 3.05) is 19.1 Å². The summed E-state index contributed by atoms with van der Waals surface area (Å²) in [5, 5.41) is 4.71. The molecule has 0 aromatic heterocycles. The van der Waals surface area contributed by atoms with Crippen LogP contribution in [0.4, 0.5) is 5.69 Å². The fraction of sp³-hybridized carbons (Fsp3) is 0.364. The van der Waals surface area contributed by atoms with E-state index in [9.17, 15) is 4.79 Å². The van der Waals surface area contributed by atoms with E-state index in [1.807, 2.05) is 12.1 Å². The first kappa shape index (κ1) is 21.7. The number of hydrogen-bond acceptors (Lipinski definition) is 4. The van der Waals surface area contributed by atoms with Gasteiger partial charge in [0.1, 0.15) is 5.75 Å². The molecule has 0 radical (unpaired) electrons. The van der Waals surface area contributed by atoms with Gasteiger partial charge in [0.05, 0.1) is 23.9 Å². The van der Waals surface area contributed by atoms with Gasteiger partial charge in [-0.3, -0.25) is 4.79 Å². The first-order valence-corrected chi connectivity index (χ1v) is 10.6. The molecule has 0 saturated heterocycles. The monoisotopic (exact) mass is 477 g/mol. The zero-order chi connectivity index (χ0) is 21.3. The number of ether oxygens (including phenoxy) is 1. The predicted molar refractivity (Wildman–Crippen MR) is 123 cm³/mol. The number of carbonyl (C=O) groups is 1. The van der Waals surface area contributed by atoms with Gasteiger partial charge >= 0.3 is 0 Å². The lowest BCUT2D eigenvalue weighted by Crippen LogP contribution is -2.45. The Bertz CT molecular complexity index is 975. The van der Waals surface area contributed by atoms with Crippen molar-refractivity contribution in [2.24, 2.45) is 5.10 Å². The average Bonchev–Trinajstić information content (AvgIpc) is 2.66. The molecule has 1 unspecified atom stereocenters. The fourth-order valence-corrected chi connectivity index (χ4v) is 4.35. The number of halogens is 2. The Morgan fingerprint density at radius 3 is 2.79 bits per heavy atom. The van der Waals surface area contributed by atoms with Crippen molar-refractivity contribution in [1.29, 1.82) is 0 Å². The second-order valence-electron chi connectivity index (χ2n) is 7.95. The van der Waals surface area contributed by atoms with Gasteiger partial charge in [0.2, 0.25) is 0 Å². The van der Waals surface area contributed by atoms with Crippen LogP contribution in [0.15, 0.2) is 39.9 Å². The van der Waals surface area contributed by atoms with Crippen molar-refractivity contribution in [3.63, 3.8) is 0 Å². The zero-order valence-electron chi connectivity index (χ0n) is 17.2. The highest BCUT2D eigenvalue weighted by Crippen LogP contribution is 2.44. The minimum Gasteiger partial charge on any atom is -0.496 e. The van der Waals surface area contributed by atoms with E-state index in [4.69, 9.17) is 16.3 Å². The van der Waals surface area contributed by atoms with Crippen LogP contribution in [-0.2, 0) is 0 Å². The molecule has 1 atom stereocenters. The van der Waals surface area contributed by atoms with Crippen LogP contribution in [0.25, 0.3) is 0 Å². The third-order valence-electron chi connectivity index (χ3n) is 5.53. The van der Waals surface area contributed by atoms with Crippen molar-refractivity contribution in [1.82, 2.24) is 5.43 Å². The van der Waals surface area contributed by atoms with Gasteiger partial charge in [0, 0.05) is 28.3 Å². The van der Waals surface area contributed by atoms with Crippen LogP contribution in [0.3, 0.4) is 0 Å². The molecule has 7 heteroatoms. The van der Waals surface area contributed by atoms with Gasteiger partial charge in [-0.25, -0.2) is 5.43 Å². The minimum absolute atomic E-state index is 0.0718. The first-order chi connectivity index (χ1) is 13.6. The SMILES string of the molecule is COc1ccc(Br)cc1C(=O)N/N=C\c1cc2c(cc1Cl)N(C)C(C)(C)CC2C. The molecule has 29 heavy (non-hydrogen) atoms.